The van der Waals surface area contributed by atoms with Crippen LogP contribution in [0, 0.1) is 5.92 Å². The standard InChI is InChI=1S/C10H21N3O3S/c1-17(15,16)13-7-6-12-10(14)8-9-2-4-11-5-3-9/h9,11,13H,2-8H2,1H3,(H,12,14). The lowest BCUT2D eigenvalue weighted by atomic mass is 9.94. The first-order valence-corrected chi connectivity index (χ1v) is 7.78. The van der Waals surface area contributed by atoms with Gasteiger partial charge in [-0.25, -0.2) is 13.1 Å². The van der Waals surface area contributed by atoms with Crippen LogP contribution in [-0.4, -0.2) is 46.8 Å². The lowest BCUT2D eigenvalue weighted by molar-refractivity contribution is -0.122. The molecule has 0 unspecified atom stereocenters. The minimum Gasteiger partial charge on any atom is -0.355 e. The quantitative estimate of drug-likeness (QED) is 0.539. The lowest BCUT2D eigenvalue weighted by Crippen LogP contribution is -2.36. The summed E-state index contributed by atoms with van der Waals surface area (Å²) in [6, 6.07) is 0. The number of sulfonamides is 1. The van der Waals surface area contributed by atoms with E-state index in [-0.39, 0.29) is 12.5 Å². The van der Waals surface area contributed by atoms with Crippen molar-refractivity contribution in [2.75, 3.05) is 32.4 Å². The summed E-state index contributed by atoms with van der Waals surface area (Å²) in [6.07, 6.45) is 3.72. The molecule has 1 fully saturated rings. The molecule has 1 aliphatic rings. The Labute approximate surface area is 103 Å². The van der Waals surface area contributed by atoms with Crippen LogP contribution in [-0.2, 0) is 14.8 Å². The van der Waals surface area contributed by atoms with Gasteiger partial charge in [0, 0.05) is 19.5 Å². The SMILES string of the molecule is CS(=O)(=O)NCCNC(=O)CC1CCNCC1. The van der Waals surface area contributed by atoms with Crippen molar-refractivity contribution in [2.24, 2.45) is 5.92 Å². The van der Waals surface area contributed by atoms with Gasteiger partial charge in [-0.3, -0.25) is 4.79 Å². The predicted molar refractivity (Wildman–Crippen MR) is 66.1 cm³/mol. The van der Waals surface area contributed by atoms with Crippen molar-refractivity contribution >= 4 is 15.9 Å². The number of amides is 1. The van der Waals surface area contributed by atoms with E-state index in [0.717, 1.165) is 32.2 Å². The molecule has 0 aliphatic carbocycles. The van der Waals surface area contributed by atoms with E-state index in [1.54, 1.807) is 0 Å². The zero-order valence-electron chi connectivity index (χ0n) is 10.2. The number of carbonyl (C=O) groups excluding carboxylic acids is 1. The summed E-state index contributed by atoms with van der Waals surface area (Å²) in [5, 5.41) is 5.96. The van der Waals surface area contributed by atoms with E-state index in [0.29, 0.717) is 18.9 Å². The molecule has 1 amide bonds. The highest BCUT2D eigenvalue weighted by Gasteiger charge is 2.16. The molecule has 0 aromatic heterocycles. The zero-order valence-corrected chi connectivity index (χ0v) is 11.0. The molecule has 17 heavy (non-hydrogen) atoms. The minimum atomic E-state index is -3.16. The molecule has 0 aromatic carbocycles. The number of rotatable bonds is 6. The average Bonchev–Trinajstić information content (AvgIpc) is 2.25. The molecular formula is C10H21N3O3S. The van der Waals surface area contributed by atoms with Gasteiger partial charge in [0.15, 0.2) is 0 Å². The molecule has 3 N–H and O–H groups in total. The fraction of sp³-hybridized carbons (Fsp3) is 0.900. The third-order valence-corrected chi connectivity index (χ3v) is 3.47. The van der Waals surface area contributed by atoms with Crippen LogP contribution in [0.5, 0.6) is 0 Å². The Kier molecular flexibility index (Phi) is 5.87. The number of carbonyl (C=O) groups is 1. The molecule has 0 bridgehead atoms. The maximum Gasteiger partial charge on any atom is 0.220 e. The van der Waals surface area contributed by atoms with Crippen LogP contribution in [0.15, 0.2) is 0 Å². The fourth-order valence-corrected chi connectivity index (χ4v) is 2.33. The van der Waals surface area contributed by atoms with Crippen LogP contribution < -0.4 is 15.4 Å². The van der Waals surface area contributed by atoms with Gasteiger partial charge in [0.1, 0.15) is 0 Å². The summed E-state index contributed by atoms with van der Waals surface area (Å²) in [6.45, 7) is 2.55. The Morgan fingerprint density at radius 3 is 2.53 bits per heavy atom. The van der Waals surface area contributed by atoms with Crippen molar-refractivity contribution in [3.63, 3.8) is 0 Å². The summed E-state index contributed by atoms with van der Waals surface area (Å²) < 4.78 is 23.9. The van der Waals surface area contributed by atoms with Crippen LogP contribution >= 0.6 is 0 Å². The summed E-state index contributed by atoms with van der Waals surface area (Å²) in [7, 11) is -3.16. The van der Waals surface area contributed by atoms with Crippen LogP contribution in [0.4, 0.5) is 0 Å². The smallest absolute Gasteiger partial charge is 0.220 e. The molecular weight excluding hydrogens is 242 g/mol. The average molecular weight is 263 g/mol. The normalized spacial score (nSPS) is 17.9. The zero-order chi connectivity index (χ0) is 12.7. The largest absolute Gasteiger partial charge is 0.355 e. The first kappa shape index (κ1) is 14.4. The molecule has 1 saturated heterocycles. The van der Waals surface area contributed by atoms with Crippen molar-refractivity contribution < 1.29 is 13.2 Å². The van der Waals surface area contributed by atoms with Gasteiger partial charge in [0.25, 0.3) is 0 Å². The summed E-state index contributed by atoms with van der Waals surface area (Å²) in [5.41, 5.74) is 0. The second kappa shape index (κ2) is 6.93. The van der Waals surface area contributed by atoms with Gasteiger partial charge < -0.3 is 10.6 Å². The molecule has 0 atom stereocenters. The van der Waals surface area contributed by atoms with Gasteiger partial charge in [0.2, 0.25) is 15.9 Å². The molecule has 0 aromatic rings. The van der Waals surface area contributed by atoms with E-state index in [1.165, 1.54) is 0 Å². The second-order valence-corrected chi connectivity index (χ2v) is 6.25. The van der Waals surface area contributed by atoms with Gasteiger partial charge in [-0.05, 0) is 31.8 Å². The van der Waals surface area contributed by atoms with Gasteiger partial charge in [0.05, 0.1) is 6.26 Å². The summed E-state index contributed by atoms with van der Waals surface area (Å²) in [5.74, 6) is 0.464. The van der Waals surface area contributed by atoms with E-state index < -0.39 is 10.0 Å². The Hall–Kier alpha value is -0.660. The Bertz CT molecular complexity index is 337. The molecule has 7 heteroatoms. The minimum absolute atomic E-state index is 0.00667. The molecule has 0 saturated carbocycles. The molecule has 100 valence electrons. The number of hydrogen-bond acceptors (Lipinski definition) is 4. The maximum atomic E-state index is 11.5. The number of piperidine rings is 1. The first-order valence-electron chi connectivity index (χ1n) is 5.89. The molecule has 0 radical (unpaired) electrons. The summed E-state index contributed by atoms with van der Waals surface area (Å²) >= 11 is 0. The molecule has 0 spiro atoms. The van der Waals surface area contributed by atoms with Crippen molar-refractivity contribution in [1.82, 2.24) is 15.4 Å². The number of nitrogens with one attached hydrogen (secondary N) is 3. The third kappa shape index (κ3) is 7.30. The van der Waals surface area contributed by atoms with Crippen LogP contribution in [0.2, 0.25) is 0 Å². The van der Waals surface area contributed by atoms with Crippen molar-refractivity contribution in [3.05, 3.63) is 0 Å². The molecule has 1 heterocycles. The van der Waals surface area contributed by atoms with E-state index in [4.69, 9.17) is 0 Å². The molecule has 1 aliphatic heterocycles. The van der Waals surface area contributed by atoms with E-state index in [1.807, 2.05) is 0 Å². The van der Waals surface area contributed by atoms with E-state index >= 15 is 0 Å². The van der Waals surface area contributed by atoms with Gasteiger partial charge in [-0.2, -0.15) is 0 Å². The van der Waals surface area contributed by atoms with Crippen molar-refractivity contribution in [1.29, 1.82) is 0 Å². The number of hydrogen-bond donors (Lipinski definition) is 3. The van der Waals surface area contributed by atoms with Gasteiger partial charge in [-0.1, -0.05) is 0 Å². The fourth-order valence-electron chi connectivity index (χ4n) is 1.86. The monoisotopic (exact) mass is 263 g/mol. The lowest BCUT2D eigenvalue weighted by Gasteiger charge is -2.21. The van der Waals surface area contributed by atoms with E-state index in [2.05, 4.69) is 15.4 Å². The van der Waals surface area contributed by atoms with Crippen molar-refractivity contribution in [2.45, 2.75) is 19.3 Å². The summed E-state index contributed by atoms with van der Waals surface area (Å²) in [4.78, 5) is 11.5. The predicted octanol–water partition coefficient (Wildman–Crippen LogP) is -0.958. The van der Waals surface area contributed by atoms with Gasteiger partial charge in [-0.15, -0.1) is 0 Å². The molecule has 6 nitrogen and oxygen atoms in total. The molecule has 1 rings (SSSR count). The maximum absolute atomic E-state index is 11.5. The van der Waals surface area contributed by atoms with E-state index in [9.17, 15) is 13.2 Å². The first-order chi connectivity index (χ1) is 7.97. The van der Waals surface area contributed by atoms with Crippen LogP contribution in [0.25, 0.3) is 0 Å². The Morgan fingerprint density at radius 2 is 1.94 bits per heavy atom. The van der Waals surface area contributed by atoms with Crippen molar-refractivity contribution in [3.8, 4) is 0 Å². The highest BCUT2D eigenvalue weighted by Crippen LogP contribution is 2.15. The highest BCUT2D eigenvalue weighted by molar-refractivity contribution is 7.88. The Balaban J connectivity index is 2.08. The second-order valence-electron chi connectivity index (χ2n) is 4.41. The third-order valence-electron chi connectivity index (χ3n) is 2.74. The topological polar surface area (TPSA) is 87.3 Å². The van der Waals surface area contributed by atoms with Gasteiger partial charge >= 0.3 is 0 Å². The Morgan fingerprint density at radius 1 is 1.29 bits per heavy atom. The van der Waals surface area contributed by atoms with Crippen LogP contribution in [0.1, 0.15) is 19.3 Å². The van der Waals surface area contributed by atoms with Crippen LogP contribution in [0.3, 0.4) is 0 Å². The highest BCUT2D eigenvalue weighted by atomic mass is 32.2.